The fraction of sp³-hybridized carbons (Fsp3) is 0.0370. The van der Waals surface area contributed by atoms with Gasteiger partial charge in [0.05, 0.1) is 18.1 Å². The molecule has 0 saturated heterocycles. The lowest BCUT2D eigenvalue weighted by Gasteiger charge is -2.08. The molecule has 5 aromatic rings. The summed E-state index contributed by atoms with van der Waals surface area (Å²) in [6.45, 7) is 0.343. The Morgan fingerprint density at radius 1 is 0.941 bits per heavy atom. The number of aliphatic imine (C=N–C) groups is 1. The SMILES string of the molecule is N#Cc1c(N=Cc2cccc(OCc3ccccc3Cl)c2)oc(-c2ccco2)c1-c1ccco1. The molecule has 0 bridgehead atoms. The number of nitrogens with zero attached hydrogens (tertiary/aromatic N) is 2. The molecule has 0 spiro atoms. The van der Waals surface area contributed by atoms with Crippen LogP contribution in [0.25, 0.3) is 22.8 Å². The van der Waals surface area contributed by atoms with E-state index in [-0.39, 0.29) is 11.4 Å². The fourth-order valence-electron chi connectivity index (χ4n) is 3.45. The van der Waals surface area contributed by atoms with E-state index >= 15 is 0 Å². The second-order valence-electron chi connectivity index (χ2n) is 7.26. The molecule has 6 nitrogen and oxygen atoms in total. The largest absolute Gasteiger partial charge is 0.489 e. The van der Waals surface area contributed by atoms with Crippen LogP contribution in [-0.2, 0) is 6.61 Å². The van der Waals surface area contributed by atoms with Gasteiger partial charge in [0.25, 0.3) is 0 Å². The van der Waals surface area contributed by atoms with Gasteiger partial charge in [-0.2, -0.15) is 5.26 Å². The van der Waals surface area contributed by atoms with Crippen LogP contribution in [0.15, 0.2) is 104 Å². The minimum atomic E-state index is 0.155. The van der Waals surface area contributed by atoms with Gasteiger partial charge in [-0.15, -0.1) is 0 Å². The molecule has 166 valence electrons. The Morgan fingerprint density at radius 3 is 2.47 bits per heavy atom. The van der Waals surface area contributed by atoms with E-state index in [4.69, 9.17) is 29.6 Å². The molecule has 34 heavy (non-hydrogen) atoms. The summed E-state index contributed by atoms with van der Waals surface area (Å²) in [5.41, 5.74) is 2.42. The average molecular weight is 469 g/mol. The van der Waals surface area contributed by atoms with E-state index in [0.29, 0.717) is 40.2 Å². The summed E-state index contributed by atoms with van der Waals surface area (Å²) < 4.78 is 22.9. The smallest absolute Gasteiger partial charge is 0.238 e. The van der Waals surface area contributed by atoms with Crippen molar-refractivity contribution in [3.63, 3.8) is 0 Å². The maximum atomic E-state index is 9.86. The van der Waals surface area contributed by atoms with E-state index < -0.39 is 0 Å². The van der Waals surface area contributed by atoms with Crippen LogP contribution < -0.4 is 4.74 Å². The highest BCUT2D eigenvalue weighted by Crippen LogP contribution is 2.42. The van der Waals surface area contributed by atoms with Crippen LogP contribution in [0.4, 0.5) is 5.88 Å². The number of furan rings is 3. The predicted molar refractivity (Wildman–Crippen MR) is 128 cm³/mol. The number of benzene rings is 2. The third-order valence-corrected chi connectivity index (χ3v) is 5.42. The molecule has 0 amide bonds. The van der Waals surface area contributed by atoms with E-state index in [0.717, 1.165) is 11.1 Å². The summed E-state index contributed by atoms with van der Waals surface area (Å²) in [4.78, 5) is 4.45. The molecule has 5 rings (SSSR count). The van der Waals surface area contributed by atoms with Crippen molar-refractivity contribution in [1.82, 2.24) is 0 Å². The Morgan fingerprint density at radius 2 is 1.74 bits per heavy atom. The first-order valence-corrected chi connectivity index (χ1v) is 10.8. The van der Waals surface area contributed by atoms with Crippen LogP contribution in [0.3, 0.4) is 0 Å². The maximum Gasteiger partial charge on any atom is 0.238 e. The third kappa shape index (κ3) is 4.38. The predicted octanol–water partition coefficient (Wildman–Crippen LogP) is 7.65. The summed E-state index contributed by atoms with van der Waals surface area (Å²) >= 11 is 6.21. The molecule has 0 saturated carbocycles. The lowest BCUT2D eigenvalue weighted by molar-refractivity contribution is 0.306. The first kappa shape index (κ1) is 21.4. The Kier molecular flexibility index (Phi) is 6.02. The molecule has 7 heteroatoms. The van der Waals surface area contributed by atoms with Gasteiger partial charge >= 0.3 is 0 Å². The van der Waals surface area contributed by atoms with Gasteiger partial charge in [0.2, 0.25) is 5.88 Å². The van der Waals surface area contributed by atoms with Crippen LogP contribution in [0.2, 0.25) is 5.02 Å². The van der Waals surface area contributed by atoms with Gasteiger partial charge in [-0.25, -0.2) is 4.99 Å². The van der Waals surface area contributed by atoms with Crippen LogP contribution in [0.1, 0.15) is 16.7 Å². The number of hydrogen-bond acceptors (Lipinski definition) is 6. The van der Waals surface area contributed by atoms with Crippen LogP contribution >= 0.6 is 11.6 Å². The topological polar surface area (TPSA) is 84.8 Å². The summed E-state index contributed by atoms with van der Waals surface area (Å²) in [7, 11) is 0. The first-order valence-electron chi connectivity index (χ1n) is 10.4. The number of halogens is 1. The van der Waals surface area contributed by atoms with Gasteiger partial charge in [-0.05, 0) is 48.0 Å². The quantitative estimate of drug-likeness (QED) is 0.229. The average Bonchev–Trinajstić information content (AvgIpc) is 3.63. The van der Waals surface area contributed by atoms with Crippen LogP contribution in [0, 0.1) is 11.3 Å². The Bertz CT molecular complexity index is 1480. The maximum absolute atomic E-state index is 9.86. The molecule has 0 fully saturated rings. The van der Waals surface area contributed by atoms with Gasteiger partial charge in [0.1, 0.15) is 29.7 Å². The molecular formula is C27H17ClN2O4. The molecule has 0 radical (unpaired) electrons. The van der Waals surface area contributed by atoms with Crippen molar-refractivity contribution in [2.24, 2.45) is 4.99 Å². The van der Waals surface area contributed by atoms with Crippen molar-refractivity contribution in [1.29, 1.82) is 5.26 Å². The zero-order chi connectivity index (χ0) is 23.3. The van der Waals surface area contributed by atoms with Gasteiger partial charge < -0.3 is 18.0 Å². The molecule has 0 aliphatic carbocycles. The van der Waals surface area contributed by atoms with E-state index in [1.54, 1.807) is 30.5 Å². The second kappa shape index (κ2) is 9.57. The molecule has 0 unspecified atom stereocenters. The zero-order valence-electron chi connectivity index (χ0n) is 17.8. The normalized spacial score (nSPS) is 11.1. The zero-order valence-corrected chi connectivity index (χ0v) is 18.5. The number of nitriles is 1. The summed E-state index contributed by atoms with van der Waals surface area (Å²) in [5.74, 6) is 2.15. The third-order valence-electron chi connectivity index (χ3n) is 5.06. The highest BCUT2D eigenvalue weighted by atomic mass is 35.5. The van der Waals surface area contributed by atoms with Crippen molar-refractivity contribution in [2.45, 2.75) is 6.61 Å². The van der Waals surface area contributed by atoms with Gasteiger partial charge in [0.15, 0.2) is 11.5 Å². The Labute approximate surface area is 200 Å². The number of rotatable bonds is 7. The highest BCUT2D eigenvalue weighted by molar-refractivity contribution is 6.31. The lowest BCUT2D eigenvalue weighted by atomic mass is 10.1. The van der Waals surface area contributed by atoms with E-state index in [1.165, 1.54) is 12.5 Å². The van der Waals surface area contributed by atoms with Crippen molar-refractivity contribution in [3.8, 4) is 34.7 Å². The summed E-state index contributed by atoms with van der Waals surface area (Å²) in [5, 5.41) is 10.5. The standard InChI is InChI=1S/C27H17ClN2O4/c28-22-9-2-1-7-19(22)17-33-20-8-3-6-18(14-20)16-30-27-21(15-29)25(23-10-4-12-31-23)26(34-27)24-11-5-13-32-24/h1-14,16H,17H2. The van der Waals surface area contributed by atoms with E-state index in [1.807, 2.05) is 48.5 Å². The first-order chi connectivity index (χ1) is 16.7. The summed E-state index contributed by atoms with van der Waals surface area (Å²) in [6.07, 6.45) is 4.68. The fourth-order valence-corrected chi connectivity index (χ4v) is 3.64. The van der Waals surface area contributed by atoms with Crippen molar-refractivity contribution < 1.29 is 18.0 Å². The van der Waals surface area contributed by atoms with Gasteiger partial charge in [-0.3, -0.25) is 0 Å². The highest BCUT2D eigenvalue weighted by Gasteiger charge is 2.26. The minimum Gasteiger partial charge on any atom is -0.489 e. The van der Waals surface area contributed by atoms with Crippen molar-refractivity contribution in [3.05, 3.63) is 107 Å². The van der Waals surface area contributed by atoms with Gasteiger partial charge in [-0.1, -0.05) is 41.9 Å². The van der Waals surface area contributed by atoms with Crippen LogP contribution in [-0.4, -0.2) is 6.21 Å². The Hall–Kier alpha value is -4.47. The molecule has 2 aromatic carbocycles. The molecule has 3 heterocycles. The number of ether oxygens (including phenoxy) is 1. The lowest BCUT2D eigenvalue weighted by Crippen LogP contribution is -1.96. The molecular weight excluding hydrogens is 452 g/mol. The van der Waals surface area contributed by atoms with E-state index in [2.05, 4.69) is 11.1 Å². The molecule has 0 atom stereocenters. The van der Waals surface area contributed by atoms with Crippen LogP contribution in [0.5, 0.6) is 5.75 Å². The van der Waals surface area contributed by atoms with Gasteiger partial charge in [0, 0.05) is 16.8 Å². The molecule has 0 aliphatic rings. The second-order valence-corrected chi connectivity index (χ2v) is 7.67. The molecule has 0 aliphatic heterocycles. The van der Waals surface area contributed by atoms with E-state index in [9.17, 15) is 5.26 Å². The minimum absolute atomic E-state index is 0.155. The molecule has 3 aromatic heterocycles. The summed E-state index contributed by atoms with van der Waals surface area (Å²) in [6, 6.07) is 24.1. The van der Waals surface area contributed by atoms with Crippen molar-refractivity contribution in [2.75, 3.05) is 0 Å². The monoisotopic (exact) mass is 468 g/mol. The Balaban J connectivity index is 1.44. The number of hydrogen-bond donors (Lipinski definition) is 0. The molecule has 0 N–H and O–H groups in total. The van der Waals surface area contributed by atoms with Crippen molar-refractivity contribution >= 4 is 23.7 Å².